The fourth-order valence-corrected chi connectivity index (χ4v) is 4.17. The van der Waals surface area contributed by atoms with Crippen molar-refractivity contribution in [2.75, 3.05) is 20.1 Å². The second-order valence-corrected chi connectivity index (χ2v) is 7.57. The highest BCUT2D eigenvalue weighted by Crippen LogP contribution is 2.33. The maximum atomic E-state index is 12.4. The number of unbranched alkanes of at least 4 members (excludes halogenated alkanes) is 1. The van der Waals surface area contributed by atoms with Crippen LogP contribution >= 0.6 is 0 Å². The Labute approximate surface area is 118 Å². The molecule has 0 aromatic carbocycles. The van der Waals surface area contributed by atoms with Gasteiger partial charge in [-0.1, -0.05) is 33.1 Å². The van der Waals surface area contributed by atoms with Gasteiger partial charge in [0.2, 0.25) is 0 Å². The molecule has 1 rings (SSSR count). The highest BCUT2D eigenvalue weighted by atomic mass is 32.2. The molecular weight excluding hydrogens is 262 g/mol. The topological polar surface area (TPSA) is 75.4 Å². The summed E-state index contributed by atoms with van der Waals surface area (Å²) in [6.45, 7) is 5.08. The van der Waals surface area contributed by atoms with E-state index in [1.165, 1.54) is 4.31 Å². The highest BCUT2D eigenvalue weighted by molar-refractivity contribution is 7.87. The van der Waals surface area contributed by atoms with Crippen LogP contribution in [0.3, 0.4) is 0 Å². The van der Waals surface area contributed by atoms with Crippen LogP contribution in [0.2, 0.25) is 0 Å². The van der Waals surface area contributed by atoms with Crippen molar-refractivity contribution in [1.82, 2.24) is 9.03 Å². The standard InChI is InChI=1S/C13H29N3O2S/c1-4-5-10-16(3)19(17,18)15-13(11-14)9-7-6-8-12(13)2/h12,15H,4-11,14H2,1-3H3. The second kappa shape index (κ2) is 7.02. The summed E-state index contributed by atoms with van der Waals surface area (Å²) in [5, 5.41) is 0. The predicted molar refractivity (Wildman–Crippen MR) is 79.0 cm³/mol. The molecule has 0 aliphatic heterocycles. The third-order valence-corrected chi connectivity index (χ3v) is 6.05. The van der Waals surface area contributed by atoms with Crippen molar-refractivity contribution in [3.8, 4) is 0 Å². The van der Waals surface area contributed by atoms with Crippen molar-refractivity contribution in [3.05, 3.63) is 0 Å². The highest BCUT2D eigenvalue weighted by Gasteiger charge is 2.41. The molecular formula is C13H29N3O2S. The van der Waals surface area contributed by atoms with Crippen LogP contribution in [-0.2, 0) is 10.2 Å². The van der Waals surface area contributed by atoms with E-state index >= 15 is 0 Å². The van der Waals surface area contributed by atoms with Gasteiger partial charge in [-0.05, 0) is 25.2 Å². The summed E-state index contributed by atoms with van der Waals surface area (Å²) in [7, 11) is -1.80. The lowest BCUT2D eigenvalue weighted by molar-refractivity contribution is 0.188. The first-order valence-electron chi connectivity index (χ1n) is 7.33. The molecule has 114 valence electrons. The molecule has 0 heterocycles. The van der Waals surface area contributed by atoms with Gasteiger partial charge in [-0.2, -0.15) is 17.4 Å². The molecule has 1 saturated carbocycles. The number of nitrogens with two attached hydrogens (primary N) is 1. The van der Waals surface area contributed by atoms with Crippen LogP contribution in [0.25, 0.3) is 0 Å². The molecule has 0 radical (unpaired) electrons. The smallest absolute Gasteiger partial charge is 0.279 e. The Morgan fingerprint density at radius 2 is 2.11 bits per heavy atom. The van der Waals surface area contributed by atoms with E-state index < -0.39 is 15.7 Å². The first kappa shape index (κ1) is 16.9. The molecule has 6 heteroatoms. The van der Waals surface area contributed by atoms with E-state index in [-0.39, 0.29) is 0 Å². The maximum Gasteiger partial charge on any atom is 0.279 e. The van der Waals surface area contributed by atoms with E-state index in [2.05, 4.69) is 18.6 Å². The monoisotopic (exact) mass is 291 g/mol. The van der Waals surface area contributed by atoms with Crippen LogP contribution in [0.4, 0.5) is 0 Å². The summed E-state index contributed by atoms with van der Waals surface area (Å²) in [5.41, 5.74) is 5.43. The Morgan fingerprint density at radius 1 is 1.42 bits per heavy atom. The normalized spacial score (nSPS) is 28.8. The van der Waals surface area contributed by atoms with Gasteiger partial charge < -0.3 is 5.73 Å². The van der Waals surface area contributed by atoms with Gasteiger partial charge in [0.15, 0.2) is 0 Å². The molecule has 1 fully saturated rings. The van der Waals surface area contributed by atoms with Gasteiger partial charge in [-0.3, -0.25) is 0 Å². The summed E-state index contributed by atoms with van der Waals surface area (Å²) in [6, 6.07) is 0. The van der Waals surface area contributed by atoms with E-state index in [9.17, 15) is 8.42 Å². The lowest BCUT2D eigenvalue weighted by Crippen LogP contribution is -2.61. The van der Waals surface area contributed by atoms with Gasteiger partial charge in [0, 0.05) is 25.7 Å². The molecule has 0 spiro atoms. The van der Waals surface area contributed by atoms with Crippen LogP contribution in [0.1, 0.15) is 52.4 Å². The molecule has 1 aliphatic rings. The number of hydrogen-bond donors (Lipinski definition) is 2. The van der Waals surface area contributed by atoms with Crippen LogP contribution in [0.5, 0.6) is 0 Å². The summed E-state index contributed by atoms with van der Waals surface area (Å²) in [4.78, 5) is 0. The van der Waals surface area contributed by atoms with Crippen molar-refractivity contribution < 1.29 is 8.42 Å². The van der Waals surface area contributed by atoms with Gasteiger partial charge in [-0.25, -0.2) is 0 Å². The first-order valence-corrected chi connectivity index (χ1v) is 8.77. The van der Waals surface area contributed by atoms with Gasteiger partial charge in [0.25, 0.3) is 10.2 Å². The van der Waals surface area contributed by atoms with E-state index in [0.29, 0.717) is 19.0 Å². The molecule has 3 N–H and O–H groups in total. The van der Waals surface area contributed by atoms with E-state index in [0.717, 1.165) is 38.5 Å². The van der Waals surface area contributed by atoms with Crippen molar-refractivity contribution in [2.24, 2.45) is 11.7 Å². The summed E-state index contributed by atoms with van der Waals surface area (Å²) in [5.74, 6) is 0.292. The number of nitrogens with one attached hydrogen (secondary N) is 1. The minimum Gasteiger partial charge on any atom is -0.329 e. The quantitative estimate of drug-likeness (QED) is 0.745. The Morgan fingerprint density at radius 3 is 2.63 bits per heavy atom. The Hall–Kier alpha value is -0.170. The van der Waals surface area contributed by atoms with Crippen LogP contribution in [0.15, 0.2) is 0 Å². The molecule has 1 aliphatic carbocycles. The third kappa shape index (κ3) is 4.15. The maximum absolute atomic E-state index is 12.4. The number of rotatable bonds is 7. The van der Waals surface area contributed by atoms with E-state index in [1.807, 2.05) is 0 Å². The molecule has 0 aromatic heterocycles. The summed E-state index contributed by atoms with van der Waals surface area (Å²) in [6.07, 6.45) is 5.95. The first-order chi connectivity index (χ1) is 8.88. The largest absolute Gasteiger partial charge is 0.329 e. The van der Waals surface area contributed by atoms with E-state index in [4.69, 9.17) is 5.73 Å². The molecule has 0 saturated heterocycles. The molecule has 0 bridgehead atoms. The van der Waals surface area contributed by atoms with Crippen molar-refractivity contribution in [1.29, 1.82) is 0 Å². The fraction of sp³-hybridized carbons (Fsp3) is 1.00. The van der Waals surface area contributed by atoms with Crippen LogP contribution < -0.4 is 10.5 Å². The Balaban J connectivity index is 2.78. The lowest BCUT2D eigenvalue weighted by atomic mass is 9.74. The predicted octanol–water partition coefficient (Wildman–Crippen LogP) is 1.46. The third-order valence-electron chi connectivity index (χ3n) is 4.39. The van der Waals surface area contributed by atoms with Gasteiger partial charge in [0.05, 0.1) is 0 Å². The van der Waals surface area contributed by atoms with E-state index in [1.54, 1.807) is 7.05 Å². The zero-order valence-electron chi connectivity index (χ0n) is 12.5. The number of hydrogen-bond acceptors (Lipinski definition) is 3. The molecule has 2 unspecified atom stereocenters. The zero-order valence-corrected chi connectivity index (χ0v) is 13.3. The molecule has 0 amide bonds. The molecule has 2 atom stereocenters. The lowest BCUT2D eigenvalue weighted by Gasteiger charge is -2.42. The van der Waals surface area contributed by atoms with Crippen molar-refractivity contribution >= 4 is 10.2 Å². The summed E-state index contributed by atoms with van der Waals surface area (Å²) < 4.78 is 29.0. The Bertz CT molecular complexity index is 372. The average molecular weight is 291 g/mol. The minimum absolute atomic E-state index is 0.292. The van der Waals surface area contributed by atoms with Crippen molar-refractivity contribution in [3.63, 3.8) is 0 Å². The molecule has 0 aromatic rings. The SMILES string of the molecule is CCCCN(C)S(=O)(=O)NC1(CN)CCCCC1C. The van der Waals surface area contributed by atoms with Crippen LogP contribution in [0, 0.1) is 5.92 Å². The van der Waals surface area contributed by atoms with Gasteiger partial charge in [-0.15, -0.1) is 0 Å². The minimum atomic E-state index is -3.43. The van der Waals surface area contributed by atoms with Gasteiger partial charge in [0.1, 0.15) is 0 Å². The Kier molecular flexibility index (Phi) is 6.23. The summed E-state index contributed by atoms with van der Waals surface area (Å²) >= 11 is 0. The zero-order chi connectivity index (χ0) is 14.5. The molecule has 5 nitrogen and oxygen atoms in total. The molecule has 19 heavy (non-hydrogen) atoms. The second-order valence-electron chi connectivity index (χ2n) is 5.79. The van der Waals surface area contributed by atoms with Gasteiger partial charge >= 0.3 is 0 Å². The average Bonchev–Trinajstić information content (AvgIpc) is 2.38. The van der Waals surface area contributed by atoms with Crippen LogP contribution in [-0.4, -0.2) is 38.4 Å². The number of nitrogens with zero attached hydrogens (tertiary/aromatic N) is 1. The fourth-order valence-electron chi connectivity index (χ4n) is 2.75. The van der Waals surface area contributed by atoms with Crippen molar-refractivity contribution in [2.45, 2.75) is 57.9 Å².